The van der Waals surface area contributed by atoms with E-state index >= 15 is 0 Å². The molecule has 8 heteroatoms. The van der Waals surface area contributed by atoms with E-state index in [9.17, 15) is 22.9 Å². The minimum Gasteiger partial charge on any atom is -0.263 e. The smallest absolute Gasteiger partial charge is 0.263 e. The van der Waals surface area contributed by atoms with Crippen molar-refractivity contribution in [3.05, 3.63) is 63.5 Å². The Balaban J connectivity index is 2.08. The van der Waals surface area contributed by atoms with Crippen molar-refractivity contribution in [2.24, 2.45) is 0 Å². The fourth-order valence-corrected chi connectivity index (χ4v) is 4.46. The van der Waals surface area contributed by atoms with Gasteiger partial charge in [-0.25, -0.2) is 12.8 Å². The molecule has 0 amide bonds. The molecular formula is C16H15FN2O4S. The van der Waals surface area contributed by atoms with Crippen LogP contribution in [0.2, 0.25) is 0 Å². The van der Waals surface area contributed by atoms with Crippen LogP contribution >= 0.6 is 0 Å². The van der Waals surface area contributed by atoms with Gasteiger partial charge < -0.3 is 0 Å². The molecule has 24 heavy (non-hydrogen) atoms. The lowest BCUT2D eigenvalue weighted by molar-refractivity contribution is -0.384. The Morgan fingerprint density at radius 3 is 2.50 bits per heavy atom. The third kappa shape index (κ3) is 2.73. The quantitative estimate of drug-likeness (QED) is 0.629. The largest absolute Gasteiger partial charge is 0.269 e. The Morgan fingerprint density at radius 1 is 1.21 bits per heavy atom. The average Bonchev–Trinajstić information content (AvgIpc) is 2.54. The second kappa shape index (κ2) is 5.86. The van der Waals surface area contributed by atoms with Crippen LogP contribution < -0.4 is 4.31 Å². The first-order valence-electron chi connectivity index (χ1n) is 7.37. The molecular weight excluding hydrogens is 335 g/mol. The summed E-state index contributed by atoms with van der Waals surface area (Å²) in [5.41, 5.74) is 1.27. The zero-order valence-corrected chi connectivity index (χ0v) is 13.7. The number of benzene rings is 2. The molecule has 0 aliphatic carbocycles. The van der Waals surface area contributed by atoms with E-state index in [1.807, 2.05) is 0 Å². The molecule has 2 aromatic carbocycles. The van der Waals surface area contributed by atoms with E-state index in [0.29, 0.717) is 18.4 Å². The molecule has 2 aromatic rings. The van der Waals surface area contributed by atoms with E-state index in [-0.39, 0.29) is 22.8 Å². The molecule has 0 saturated carbocycles. The van der Waals surface area contributed by atoms with Crippen LogP contribution in [0.25, 0.3) is 0 Å². The summed E-state index contributed by atoms with van der Waals surface area (Å²) < 4.78 is 41.2. The van der Waals surface area contributed by atoms with Crippen molar-refractivity contribution in [1.29, 1.82) is 0 Å². The Kier molecular flexibility index (Phi) is 4.00. The maximum atomic E-state index is 14.4. The van der Waals surface area contributed by atoms with Crippen molar-refractivity contribution in [3.8, 4) is 0 Å². The van der Waals surface area contributed by atoms with Gasteiger partial charge in [-0.05, 0) is 49.1 Å². The van der Waals surface area contributed by atoms with Gasteiger partial charge in [0.15, 0.2) is 0 Å². The number of anilines is 1. The van der Waals surface area contributed by atoms with Crippen molar-refractivity contribution in [1.82, 2.24) is 0 Å². The van der Waals surface area contributed by atoms with Crippen molar-refractivity contribution in [2.45, 2.75) is 24.7 Å². The van der Waals surface area contributed by atoms with Gasteiger partial charge in [0, 0.05) is 18.7 Å². The fourth-order valence-electron chi connectivity index (χ4n) is 2.91. The van der Waals surface area contributed by atoms with Gasteiger partial charge in [0.05, 0.1) is 15.5 Å². The maximum absolute atomic E-state index is 14.4. The van der Waals surface area contributed by atoms with Crippen LogP contribution in [-0.2, 0) is 16.4 Å². The minimum absolute atomic E-state index is 0.0743. The van der Waals surface area contributed by atoms with Crippen LogP contribution in [0.5, 0.6) is 0 Å². The third-order valence-corrected chi connectivity index (χ3v) is 5.79. The normalized spacial score (nSPS) is 14.3. The highest BCUT2D eigenvalue weighted by Gasteiger charge is 2.31. The number of hydrogen-bond acceptors (Lipinski definition) is 4. The van der Waals surface area contributed by atoms with Crippen LogP contribution in [0.3, 0.4) is 0 Å². The van der Waals surface area contributed by atoms with E-state index < -0.39 is 20.8 Å². The molecule has 0 bridgehead atoms. The number of nitro benzene ring substituents is 1. The molecule has 0 unspecified atom stereocenters. The monoisotopic (exact) mass is 350 g/mol. The van der Waals surface area contributed by atoms with Crippen molar-refractivity contribution in [2.75, 3.05) is 10.8 Å². The summed E-state index contributed by atoms with van der Waals surface area (Å²) in [7, 11) is -3.98. The number of nitro groups is 1. The second-order valence-corrected chi connectivity index (χ2v) is 7.55. The summed E-state index contributed by atoms with van der Waals surface area (Å²) in [5.74, 6) is -0.574. The molecule has 0 N–H and O–H groups in total. The van der Waals surface area contributed by atoms with E-state index in [1.54, 1.807) is 13.0 Å². The summed E-state index contributed by atoms with van der Waals surface area (Å²) in [4.78, 5) is 10.0. The zero-order chi connectivity index (χ0) is 17.5. The van der Waals surface area contributed by atoms with E-state index in [1.165, 1.54) is 18.2 Å². The predicted octanol–water partition coefficient (Wildman–Crippen LogP) is 3.18. The predicted molar refractivity (Wildman–Crippen MR) is 87.1 cm³/mol. The van der Waals surface area contributed by atoms with Crippen LogP contribution in [0.4, 0.5) is 15.8 Å². The molecule has 0 aromatic heterocycles. The van der Waals surface area contributed by atoms with Gasteiger partial charge in [-0.2, -0.15) is 0 Å². The lowest BCUT2D eigenvalue weighted by Crippen LogP contribution is -2.36. The first kappa shape index (κ1) is 16.4. The summed E-state index contributed by atoms with van der Waals surface area (Å²) >= 11 is 0. The number of aryl methyl sites for hydroxylation is 2. The number of sulfonamides is 1. The second-order valence-electron chi connectivity index (χ2n) is 5.69. The topological polar surface area (TPSA) is 80.5 Å². The lowest BCUT2D eigenvalue weighted by Gasteiger charge is -2.31. The van der Waals surface area contributed by atoms with Gasteiger partial charge in [0.25, 0.3) is 15.7 Å². The molecule has 0 spiro atoms. The van der Waals surface area contributed by atoms with Gasteiger partial charge >= 0.3 is 0 Å². The third-order valence-electron chi connectivity index (χ3n) is 3.98. The van der Waals surface area contributed by atoms with Gasteiger partial charge in [-0.15, -0.1) is 0 Å². The molecule has 0 radical (unpaired) electrons. The van der Waals surface area contributed by atoms with Crippen LogP contribution in [0.1, 0.15) is 17.5 Å². The Labute approximate surface area is 138 Å². The highest BCUT2D eigenvalue weighted by Crippen LogP contribution is 2.35. The van der Waals surface area contributed by atoms with Gasteiger partial charge in [-0.1, -0.05) is 6.07 Å². The molecule has 1 aliphatic heterocycles. The van der Waals surface area contributed by atoms with Gasteiger partial charge in [-0.3, -0.25) is 14.4 Å². The summed E-state index contributed by atoms with van der Waals surface area (Å²) in [6, 6.07) is 7.70. The molecule has 3 rings (SSSR count). The van der Waals surface area contributed by atoms with Crippen LogP contribution in [0.15, 0.2) is 41.3 Å². The van der Waals surface area contributed by atoms with Crippen molar-refractivity contribution >= 4 is 21.4 Å². The average molecular weight is 350 g/mol. The Hall–Kier alpha value is -2.48. The standard InChI is InChI=1S/C16H15FN2O4S/c1-11-9-12-3-2-8-18(16(12)15(17)10-11)24(22,23)14-6-4-13(5-7-14)19(20)21/h4-7,9-10H,2-3,8H2,1H3. The summed E-state index contributed by atoms with van der Waals surface area (Å²) in [6.45, 7) is 1.93. The first-order valence-corrected chi connectivity index (χ1v) is 8.81. The molecule has 0 fully saturated rings. The van der Waals surface area contributed by atoms with Crippen molar-refractivity contribution in [3.63, 3.8) is 0 Å². The molecule has 1 heterocycles. The Morgan fingerprint density at radius 2 is 1.88 bits per heavy atom. The fraction of sp³-hybridized carbons (Fsp3) is 0.250. The Bertz CT molecular complexity index is 910. The highest BCUT2D eigenvalue weighted by atomic mass is 32.2. The number of halogens is 1. The first-order chi connectivity index (χ1) is 11.3. The van der Waals surface area contributed by atoms with Crippen LogP contribution in [0, 0.1) is 22.9 Å². The van der Waals surface area contributed by atoms with Crippen LogP contribution in [-0.4, -0.2) is 19.9 Å². The number of fused-ring (bicyclic) bond motifs is 1. The highest BCUT2D eigenvalue weighted by molar-refractivity contribution is 7.92. The zero-order valence-electron chi connectivity index (χ0n) is 12.9. The van der Waals surface area contributed by atoms with E-state index in [4.69, 9.17) is 0 Å². The molecule has 126 valence electrons. The van der Waals surface area contributed by atoms with Gasteiger partial charge in [0.1, 0.15) is 5.82 Å². The summed E-state index contributed by atoms with van der Waals surface area (Å²) in [6.07, 6.45) is 1.20. The van der Waals surface area contributed by atoms with Gasteiger partial charge in [0.2, 0.25) is 0 Å². The van der Waals surface area contributed by atoms with Crippen molar-refractivity contribution < 1.29 is 17.7 Å². The number of non-ortho nitro benzene ring substituents is 1. The van der Waals surface area contributed by atoms with E-state index in [2.05, 4.69) is 0 Å². The number of nitrogens with zero attached hydrogens (tertiary/aromatic N) is 2. The molecule has 6 nitrogen and oxygen atoms in total. The molecule has 0 atom stereocenters. The molecule has 1 aliphatic rings. The number of rotatable bonds is 3. The SMILES string of the molecule is Cc1cc(F)c2c(c1)CCCN2S(=O)(=O)c1ccc([N+](=O)[O-])cc1. The minimum atomic E-state index is -3.98. The molecule has 0 saturated heterocycles. The lowest BCUT2D eigenvalue weighted by atomic mass is 10.0. The summed E-state index contributed by atoms with van der Waals surface area (Å²) in [5, 5.41) is 10.7. The number of hydrogen-bond donors (Lipinski definition) is 0. The maximum Gasteiger partial charge on any atom is 0.269 e. The van der Waals surface area contributed by atoms with E-state index in [0.717, 1.165) is 22.0 Å².